The number of nitrogens with one attached hydrogen (secondary N) is 1. The number of nitrogens with two attached hydrogens (primary N) is 1. The SMILES string of the molecule is COc1ccc(N2C(=O)C[C@H]([NH2+]CC[NH+]3CCOCC3)C2=O)cc1. The second-order valence-corrected chi connectivity index (χ2v) is 6.21. The molecule has 0 aliphatic carbocycles. The standard InChI is InChI=1S/C17H23N3O4/c1-23-14-4-2-13(3-5-14)20-16(21)12-15(17(20)22)18-6-7-19-8-10-24-11-9-19/h2-5,15,18H,6-12H2,1H3/p+2/t15-/m0/s1. The molecular weight excluding hydrogens is 310 g/mol. The molecule has 2 heterocycles. The number of carbonyl (C=O) groups is 2. The zero-order valence-corrected chi connectivity index (χ0v) is 14.0. The summed E-state index contributed by atoms with van der Waals surface area (Å²) in [6.07, 6.45) is 0.267. The van der Waals surface area contributed by atoms with Crippen molar-refractivity contribution < 1.29 is 29.3 Å². The average molecular weight is 335 g/mol. The van der Waals surface area contributed by atoms with Gasteiger partial charge in [0.2, 0.25) is 5.91 Å². The van der Waals surface area contributed by atoms with Crippen LogP contribution in [0.25, 0.3) is 0 Å². The van der Waals surface area contributed by atoms with Crippen molar-refractivity contribution in [1.29, 1.82) is 0 Å². The smallest absolute Gasteiger partial charge is 0.292 e. The third-order valence-corrected chi connectivity index (χ3v) is 4.66. The predicted molar refractivity (Wildman–Crippen MR) is 87.1 cm³/mol. The Bertz CT molecular complexity index is 584. The number of anilines is 1. The Balaban J connectivity index is 1.54. The van der Waals surface area contributed by atoms with E-state index in [2.05, 4.69) is 0 Å². The summed E-state index contributed by atoms with van der Waals surface area (Å²) in [4.78, 5) is 27.6. The minimum absolute atomic E-state index is 0.123. The number of hydrogen-bond acceptors (Lipinski definition) is 4. The molecule has 0 unspecified atom stereocenters. The van der Waals surface area contributed by atoms with Crippen LogP contribution in [0, 0.1) is 0 Å². The first-order valence-electron chi connectivity index (χ1n) is 8.44. The van der Waals surface area contributed by atoms with Crippen molar-refractivity contribution in [3.05, 3.63) is 24.3 Å². The van der Waals surface area contributed by atoms with E-state index in [1.54, 1.807) is 31.4 Å². The van der Waals surface area contributed by atoms with Crippen LogP contribution in [-0.4, -0.2) is 64.4 Å². The zero-order valence-electron chi connectivity index (χ0n) is 14.0. The lowest BCUT2D eigenvalue weighted by Gasteiger charge is -2.23. The number of methoxy groups -OCH3 is 1. The molecule has 2 fully saturated rings. The number of nitrogens with zero attached hydrogens (tertiary/aromatic N) is 1. The van der Waals surface area contributed by atoms with Gasteiger partial charge in [0.05, 0.1) is 32.4 Å². The summed E-state index contributed by atoms with van der Waals surface area (Å²) < 4.78 is 10.5. The molecule has 130 valence electrons. The van der Waals surface area contributed by atoms with E-state index in [0.29, 0.717) is 11.4 Å². The van der Waals surface area contributed by atoms with Crippen LogP contribution in [0.3, 0.4) is 0 Å². The first-order valence-corrected chi connectivity index (χ1v) is 8.44. The molecule has 0 aromatic heterocycles. The van der Waals surface area contributed by atoms with Gasteiger partial charge in [-0.05, 0) is 24.3 Å². The number of ether oxygens (including phenoxy) is 2. The van der Waals surface area contributed by atoms with Gasteiger partial charge in [-0.2, -0.15) is 0 Å². The number of morpholine rings is 1. The van der Waals surface area contributed by atoms with Crippen molar-refractivity contribution in [3.8, 4) is 5.75 Å². The van der Waals surface area contributed by atoms with Crippen molar-refractivity contribution in [2.45, 2.75) is 12.5 Å². The Labute approximate surface area is 141 Å². The number of amides is 2. The molecule has 2 amide bonds. The maximum Gasteiger partial charge on any atom is 0.292 e. The van der Waals surface area contributed by atoms with Gasteiger partial charge in [-0.15, -0.1) is 0 Å². The van der Waals surface area contributed by atoms with E-state index in [0.717, 1.165) is 39.4 Å². The van der Waals surface area contributed by atoms with Gasteiger partial charge in [0.15, 0.2) is 6.04 Å². The van der Waals surface area contributed by atoms with E-state index in [9.17, 15) is 9.59 Å². The van der Waals surface area contributed by atoms with E-state index in [-0.39, 0.29) is 24.3 Å². The van der Waals surface area contributed by atoms with Gasteiger partial charge in [-0.1, -0.05) is 0 Å². The van der Waals surface area contributed by atoms with Crippen molar-refractivity contribution in [2.75, 3.05) is 51.4 Å². The molecule has 7 nitrogen and oxygen atoms in total. The molecule has 24 heavy (non-hydrogen) atoms. The van der Waals surface area contributed by atoms with Crippen LogP contribution in [-0.2, 0) is 14.3 Å². The van der Waals surface area contributed by atoms with Crippen molar-refractivity contribution in [2.24, 2.45) is 0 Å². The molecule has 3 rings (SSSR count). The third-order valence-electron chi connectivity index (χ3n) is 4.66. The first-order chi connectivity index (χ1) is 11.7. The largest absolute Gasteiger partial charge is 0.497 e. The molecule has 2 aliphatic rings. The van der Waals surface area contributed by atoms with E-state index >= 15 is 0 Å². The van der Waals surface area contributed by atoms with Crippen LogP contribution in [0.15, 0.2) is 24.3 Å². The lowest BCUT2D eigenvalue weighted by molar-refractivity contribution is -0.920. The summed E-state index contributed by atoms with van der Waals surface area (Å²) in [5.41, 5.74) is 0.612. The van der Waals surface area contributed by atoms with Gasteiger partial charge >= 0.3 is 0 Å². The summed E-state index contributed by atoms with van der Waals surface area (Å²) in [5, 5.41) is 2.01. The Morgan fingerprint density at radius 2 is 1.96 bits per heavy atom. The molecule has 1 aromatic carbocycles. The second kappa shape index (κ2) is 7.74. The summed E-state index contributed by atoms with van der Waals surface area (Å²) >= 11 is 0. The van der Waals surface area contributed by atoms with Crippen molar-refractivity contribution in [1.82, 2.24) is 0 Å². The summed E-state index contributed by atoms with van der Waals surface area (Å²) in [5.74, 6) is 0.446. The number of rotatable bonds is 6. The molecule has 0 saturated carbocycles. The number of quaternary nitrogens is 2. The highest BCUT2D eigenvalue weighted by atomic mass is 16.5. The molecule has 1 atom stereocenters. The molecule has 0 bridgehead atoms. The summed E-state index contributed by atoms with van der Waals surface area (Å²) in [6.45, 7) is 5.48. The zero-order chi connectivity index (χ0) is 16.9. The number of carbonyl (C=O) groups excluding carboxylic acids is 2. The Kier molecular flexibility index (Phi) is 5.44. The van der Waals surface area contributed by atoms with Crippen molar-refractivity contribution in [3.63, 3.8) is 0 Å². The number of hydrogen-bond donors (Lipinski definition) is 2. The molecule has 0 spiro atoms. The van der Waals surface area contributed by atoms with Crippen LogP contribution >= 0.6 is 0 Å². The molecular formula is C17H25N3O4+2. The fourth-order valence-electron chi connectivity index (χ4n) is 3.24. The normalized spacial score (nSPS) is 22.2. The maximum atomic E-state index is 12.6. The fraction of sp³-hybridized carbons (Fsp3) is 0.529. The Morgan fingerprint density at radius 1 is 1.25 bits per heavy atom. The molecule has 2 aliphatic heterocycles. The minimum Gasteiger partial charge on any atom is -0.497 e. The van der Waals surface area contributed by atoms with Gasteiger partial charge in [0.1, 0.15) is 31.9 Å². The number of benzene rings is 1. The number of imide groups is 1. The van der Waals surface area contributed by atoms with E-state index in [1.807, 2.05) is 5.32 Å². The highest BCUT2D eigenvalue weighted by Crippen LogP contribution is 2.24. The van der Waals surface area contributed by atoms with Crippen LogP contribution in [0.1, 0.15) is 6.42 Å². The topological polar surface area (TPSA) is 76.9 Å². The molecule has 3 N–H and O–H groups in total. The van der Waals surface area contributed by atoms with Crippen LogP contribution < -0.4 is 19.9 Å². The van der Waals surface area contributed by atoms with Gasteiger partial charge < -0.3 is 19.7 Å². The molecule has 7 heteroatoms. The lowest BCUT2D eigenvalue weighted by atomic mass is 10.2. The van der Waals surface area contributed by atoms with Gasteiger partial charge in [0.25, 0.3) is 5.91 Å². The third kappa shape index (κ3) is 3.75. The van der Waals surface area contributed by atoms with E-state index in [4.69, 9.17) is 9.47 Å². The monoisotopic (exact) mass is 335 g/mol. The summed E-state index contributed by atoms with van der Waals surface area (Å²) in [7, 11) is 1.59. The molecule has 1 aromatic rings. The first kappa shape index (κ1) is 16.9. The average Bonchev–Trinajstić information content (AvgIpc) is 2.90. The van der Waals surface area contributed by atoms with Crippen molar-refractivity contribution >= 4 is 17.5 Å². The lowest BCUT2D eigenvalue weighted by Crippen LogP contribution is -3.16. The highest BCUT2D eigenvalue weighted by Gasteiger charge is 2.42. The van der Waals surface area contributed by atoms with E-state index < -0.39 is 0 Å². The summed E-state index contributed by atoms with van der Waals surface area (Å²) in [6, 6.07) is 6.70. The van der Waals surface area contributed by atoms with Gasteiger partial charge in [-0.25, -0.2) is 4.90 Å². The van der Waals surface area contributed by atoms with E-state index in [1.165, 1.54) is 9.80 Å². The quantitative estimate of drug-likeness (QED) is 0.579. The van der Waals surface area contributed by atoms with Crippen LogP contribution in [0.4, 0.5) is 5.69 Å². The van der Waals surface area contributed by atoms with Crippen LogP contribution in [0.5, 0.6) is 5.75 Å². The molecule has 0 radical (unpaired) electrons. The maximum absolute atomic E-state index is 12.6. The van der Waals surface area contributed by atoms with Gasteiger partial charge in [0, 0.05) is 0 Å². The predicted octanol–water partition coefficient (Wildman–Crippen LogP) is -2.19. The highest BCUT2D eigenvalue weighted by molar-refractivity contribution is 6.21. The van der Waals surface area contributed by atoms with Gasteiger partial charge in [-0.3, -0.25) is 9.59 Å². The Hall–Kier alpha value is -1.96. The van der Waals surface area contributed by atoms with Crippen LogP contribution in [0.2, 0.25) is 0 Å². The molecule has 2 saturated heterocycles. The fourth-order valence-corrected chi connectivity index (χ4v) is 3.24. The second-order valence-electron chi connectivity index (χ2n) is 6.21. The Morgan fingerprint density at radius 3 is 2.62 bits per heavy atom. The minimum atomic E-state index is -0.306.